The Hall–Kier alpha value is -4.57. The second kappa shape index (κ2) is 15.8. The van der Waals surface area contributed by atoms with Gasteiger partial charge in [0.05, 0.1) is 37.0 Å². The van der Waals surface area contributed by atoms with E-state index in [9.17, 15) is 18.0 Å². The van der Waals surface area contributed by atoms with E-state index < -0.39 is 17.8 Å². The standard InChI is InChI=1S/C37H48F3N9O4/c1-6-53-31-15-25(14-29(44-31)37(38,39)40)26-16-28(47(4)21-36(22-52-5)11-7-8-12-36)33-35(43-26)46-34(45-33)27-17-42-30(18-41-27)48-19-23(2)49(24(3)20-48)13-9-10-32(50)51/h14-18,23-24H,6-13,19-22H2,1-5H3,(H,50,51)(H,43,45,46)/t23-,24+. The number of aromatic nitrogens is 6. The van der Waals surface area contributed by atoms with E-state index in [1.807, 2.05) is 7.05 Å². The fourth-order valence-electron chi connectivity index (χ4n) is 7.93. The number of carboxylic acid groups (broad SMARTS) is 1. The molecule has 0 spiro atoms. The number of alkyl halides is 3. The van der Waals surface area contributed by atoms with Gasteiger partial charge in [0, 0.05) is 69.3 Å². The molecule has 286 valence electrons. The van der Waals surface area contributed by atoms with Crippen LogP contribution < -0.4 is 14.5 Å². The second-order valence-corrected chi connectivity index (χ2v) is 14.4. The van der Waals surface area contributed by atoms with Crippen molar-refractivity contribution in [3.8, 4) is 28.7 Å². The Balaban J connectivity index is 1.33. The van der Waals surface area contributed by atoms with Gasteiger partial charge in [-0.05, 0) is 58.7 Å². The number of halogens is 3. The average molecular weight is 740 g/mol. The molecule has 1 aliphatic heterocycles. The van der Waals surface area contributed by atoms with Crippen LogP contribution in [-0.4, -0.2) is 112 Å². The summed E-state index contributed by atoms with van der Waals surface area (Å²) in [5, 5.41) is 9.05. The molecule has 2 N–H and O–H groups in total. The minimum absolute atomic E-state index is 0.0649. The number of pyridine rings is 2. The van der Waals surface area contributed by atoms with Crippen LogP contribution in [0.25, 0.3) is 33.9 Å². The largest absolute Gasteiger partial charge is 0.481 e. The summed E-state index contributed by atoms with van der Waals surface area (Å²) in [5.74, 6) is 0.224. The first-order valence-corrected chi connectivity index (χ1v) is 18.2. The molecular formula is C37H48F3N9O4. The van der Waals surface area contributed by atoms with Gasteiger partial charge in [-0.25, -0.2) is 24.9 Å². The number of imidazole rings is 1. The normalized spacial score (nSPS) is 19.2. The number of methoxy groups -OCH3 is 1. The zero-order chi connectivity index (χ0) is 37.9. The van der Waals surface area contributed by atoms with E-state index in [4.69, 9.17) is 34.5 Å². The van der Waals surface area contributed by atoms with Crippen molar-refractivity contribution in [3.63, 3.8) is 0 Å². The highest BCUT2D eigenvalue weighted by molar-refractivity contribution is 5.91. The Morgan fingerprint density at radius 3 is 2.42 bits per heavy atom. The number of nitrogens with zero attached hydrogens (tertiary/aromatic N) is 8. The smallest absolute Gasteiger partial charge is 0.433 e. The molecule has 0 amide bonds. The van der Waals surface area contributed by atoms with Gasteiger partial charge in [-0.2, -0.15) is 13.2 Å². The van der Waals surface area contributed by atoms with Crippen LogP contribution in [-0.2, 0) is 15.7 Å². The van der Waals surface area contributed by atoms with Crippen LogP contribution in [0.4, 0.5) is 24.7 Å². The van der Waals surface area contributed by atoms with Gasteiger partial charge in [-0.15, -0.1) is 0 Å². The summed E-state index contributed by atoms with van der Waals surface area (Å²) in [6, 6.07) is 4.63. The highest BCUT2D eigenvalue weighted by atomic mass is 19.4. The highest BCUT2D eigenvalue weighted by Crippen LogP contribution is 2.41. The molecule has 4 aromatic rings. The monoisotopic (exact) mass is 739 g/mol. The average Bonchev–Trinajstić information content (AvgIpc) is 3.76. The topological polar surface area (TPSA) is 146 Å². The predicted molar refractivity (Wildman–Crippen MR) is 195 cm³/mol. The Labute approximate surface area is 307 Å². The Bertz CT molecular complexity index is 1870. The molecule has 1 aliphatic carbocycles. The third-order valence-electron chi connectivity index (χ3n) is 10.3. The number of fused-ring (bicyclic) bond motifs is 1. The van der Waals surface area contributed by atoms with Crippen molar-refractivity contribution in [3.05, 3.63) is 36.3 Å². The number of carbonyl (C=O) groups is 1. The van der Waals surface area contributed by atoms with E-state index >= 15 is 0 Å². The van der Waals surface area contributed by atoms with Gasteiger partial charge in [0.1, 0.15) is 22.7 Å². The van der Waals surface area contributed by atoms with E-state index in [0.29, 0.717) is 47.9 Å². The Kier molecular flexibility index (Phi) is 11.4. The first-order chi connectivity index (χ1) is 25.3. The lowest BCUT2D eigenvalue weighted by Crippen LogP contribution is -2.57. The number of hydrogen-bond donors (Lipinski definition) is 2. The van der Waals surface area contributed by atoms with Crippen molar-refractivity contribution in [2.24, 2.45) is 5.41 Å². The molecule has 0 bridgehead atoms. The molecule has 6 rings (SSSR count). The summed E-state index contributed by atoms with van der Waals surface area (Å²) < 4.78 is 53.0. The molecule has 1 saturated heterocycles. The van der Waals surface area contributed by atoms with Gasteiger partial charge in [-0.1, -0.05) is 12.8 Å². The van der Waals surface area contributed by atoms with E-state index in [1.165, 1.54) is 6.07 Å². The number of aliphatic carboxylic acids is 1. The van der Waals surface area contributed by atoms with E-state index in [-0.39, 0.29) is 42.0 Å². The van der Waals surface area contributed by atoms with Crippen molar-refractivity contribution in [2.75, 3.05) is 63.4 Å². The Morgan fingerprint density at radius 1 is 1.06 bits per heavy atom. The molecule has 2 fully saturated rings. The number of carboxylic acids is 1. The molecule has 5 heterocycles. The van der Waals surface area contributed by atoms with Gasteiger partial charge in [0.2, 0.25) is 5.88 Å². The van der Waals surface area contributed by atoms with Gasteiger partial charge in [0.15, 0.2) is 11.5 Å². The van der Waals surface area contributed by atoms with Crippen molar-refractivity contribution in [1.82, 2.24) is 34.8 Å². The van der Waals surface area contributed by atoms with Crippen LogP contribution >= 0.6 is 0 Å². The summed E-state index contributed by atoms with van der Waals surface area (Å²) in [7, 11) is 3.68. The number of hydrogen-bond acceptors (Lipinski definition) is 11. The lowest BCUT2D eigenvalue weighted by molar-refractivity contribution is -0.141. The molecule has 2 atom stereocenters. The fraction of sp³-hybridized carbons (Fsp3) is 0.568. The van der Waals surface area contributed by atoms with Crippen molar-refractivity contribution in [1.29, 1.82) is 0 Å². The number of aromatic amines is 1. The molecule has 0 radical (unpaired) electrons. The summed E-state index contributed by atoms with van der Waals surface area (Å²) >= 11 is 0. The van der Waals surface area contributed by atoms with Crippen LogP contribution in [0.3, 0.4) is 0 Å². The summed E-state index contributed by atoms with van der Waals surface area (Å²) in [6.07, 6.45) is 3.67. The molecule has 13 nitrogen and oxygen atoms in total. The predicted octanol–water partition coefficient (Wildman–Crippen LogP) is 6.30. The van der Waals surface area contributed by atoms with E-state index in [2.05, 4.69) is 38.5 Å². The van der Waals surface area contributed by atoms with Crippen molar-refractivity contribution < 1.29 is 32.5 Å². The lowest BCUT2D eigenvalue weighted by atomic mass is 9.86. The summed E-state index contributed by atoms with van der Waals surface area (Å²) in [5.41, 5.74) is 1.53. The number of anilines is 2. The zero-order valence-electron chi connectivity index (χ0n) is 30.9. The fourth-order valence-corrected chi connectivity index (χ4v) is 7.93. The molecular weight excluding hydrogens is 691 g/mol. The number of rotatable bonds is 14. The minimum Gasteiger partial charge on any atom is -0.481 e. The van der Waals surface area contributed by atoms with Gasteiger partial charge >= 0.3 is 12.1 Å². The lowest BCUT2D eigenvalue weighted by Gasteiger charge is -2.44. The summed E-state index contributed by atoms with van der Waals surface area (Å²) in [4.78, 5) is 43.7. The number of nitrogens with one attached hydrogen (secondary N) is 1. The van der Waals surface area contributed by atoms with Crippen LogP contribution in [0.5, 0.6) is 5.88 Å². The maximum Gasteiger partial charge on any atom is 0.433 e. The second-order valence-electron chi connectivity index (χ2n) is 14.4. The first kappa shape index (κ1) is 38.2. The van der Waals surface area contributed by atoms with E-state index in [0.717, 1.165) is 62.9 Å². The zero-order valence-corrected chi connectivity index (χ0v) is 30.9. The SMILES string of the molecule is CCOc1cc(-c2cc(N(C)CC3(COC)CCCC3)c3[nH]c(-c4cnc(N5C[C@@H](C)N(CCCC(=O)O)[C@@H](C)C5)cn4)nc3n2)cc(C(F)(F)F)n1. The van der Waals surface area contributed by atoms with Gasteiger partial charge in [0.25, 0.3) is 0 Å². The van der Waals surface area contributed by atoms with E-state index in [1.54, 1.807) is 32.5 Å². The number of piperazine rings is 1. The molecule has 0 unspecified atom stereocenters. The van der Waals surface area contributed by atoms with Crippen molar-refractivity contribution in [2.45, 2.75) is 77.6 Å². The molecule has 0 aromatic carbocycles. The molecule has 53 heavy (non-hydrogen) atoms. The highest BCUT2D eigenvalue weighted by Gasteiger charge is 2.37. The molecule has 4 aromatic heterocycles. The molecule has 16 heteroatoms. The van der Waals surface area contributed by atoms with Crippen LogP contribution in [0.2, 0.25) is 0 Å². The maximum absolute atomic E-state index is 14.0. The third-order valence-corrected chi connectivity index (χ3v) is 10.3. The molecule has 1 saturated carbocycles. The maximum atomic E-state index is 14.0. The summed E-state index contributed by atoms with van der Waals surface area (Å²) in [6.45, 7) is 9.53. The Morgan fingerprint density at radius 2 is 1.79 bits per heavy atom. The quantitative estimate of drug-likeness (QED) is 0.150. The number of H-pyrrole nitrogens is 1. The first-order valence-electron chi connectivity index (χ1n) is 18.2. The van der Waals surface area contributed by atoms with Gasteiger partial charge < -0.3 is 29.4 Å². The van der Waals surface area contributed by atoms with Crippen LogP contribution in [0.1, 0.15) is 65.0 Å². The van der Waals surface area contributed by atoms with Gasteiger partial charge in [-0.3, -0.25) is 9.69 Å². The number of ether oxygens (including phenoxy) is 2. The van der Waals surface area contributed by atoms with Crippen molar-refractivity contribution >= 4 is 28.6 Å². The van der Waals surface area contributed by atoms with Crippen LogP contribution in [0, 0.1) is 5.41 Å². The molecule has 2 aliphatic rings. The third kappa shape index (κ3) is 8.64. The minimum atomic E-state index is -4.68. The van der Waals surface area contributed by atoms with Crippen LogP contribution in [0.15, 0.2) is 30.6 Å².